The molecule has 0 amide bonds. The molecule has 0 saturated carbocycles. The Morgan fingerprint density at radius 2 is 2.25 bits per heavy atom. The minimum Gasteiger partial charge on any atom is -0.490 e. The number of aromatic nitrogens is 1. The van der Waals surface area contributed by atoms with Crippen molar-refractivity contribution in [2.24, 2.45) is 5.92 Å². The van der Waals surface area contributed by atoms with Gasteiger partial charge in [-0.1, -0.05) is 30.4 Å². The number of benzene rings is 1. The second-order valence-electron chi connectivity index (χ2n) is 8.51. The van der Waals surface area contributed by atoms with Crippen LogP contribution in [0.5, 0.6) is 5.75 Å². The van der Waals surface area contributed by atoms with Crippen LogP contribution in [0.15, 0.2) is 77.7 Å². The molecule has 0 radical (unpaired) electrons. The summed E-state index contributed by atoms with van der Waals surface area (Å²) in [5, 5.41) is 11.6. The summed E-state index contributed by atoms with van der Waals surface area (Å²) < 4.78 is 18.6. The smallest absolute Gasteiger partial charge is 0.128 e. The maximum Gasteiger partial charge on any atom is 0.128 e. The zero-order valence-corrected chi connectivity index (χ0v) is 19.7. The summed E-state index contributed by atoms with van der Waals surface area (Å²) >= 11 is 4.73. The summed E-state index contributed by atoms with van der Waals surface area (Å²) in [6, 6.07) is 8.20. The Morgan fingerprint density at radius 3 is 3.00 bits per heavy atom. The quantitative estimate of drug-likeness (QED) is 0.330. The number of aliphatic hydroxyl groups is 1. The summed E-state index contributed by atoms with van der Waals surface area (Å²) in [5.74, 6) is 0.709. The number of fused-ring (bicyclic) bond motifs is 1. The predicted molar refractivity (Wildman–Crippen MR) is 134 cm³/mol. The molecule has 3 atom stereocenters. The molecule has 1 aliphatic heterocycles. The third kappa shape index (κ3) is 6.86. The van der Waals surface area contributed by atoms with Crippen molar-refractivity contribution in [1.29, 1.82) is 0 Å². The van der Waals surface area contributed by atoms with Gasteiger partial charge in [0.15, 0.2) is 0 Å². The van der Waals surface area contributed by atoms with Crippen molar-refractivity contribution < 1.29 is 14.2 Å². The number of nitrogens with zero attached hydrogens (tertiary/aromatic N) is 1. The lowest BCUT2D eigenvalue weighted by Gasteiger charge is -2.38. The van der Waals surface area contributed by atoms with Crippen LogP contribution < -0.4 is 4.74 Å². The number of β-amino-alcohol motifs (C(OH)–C–C–N with tert-alkyl or cyclic N) is 1. The SMILES string of the molecule is C=C(F)\C=C/C=C(C)/C=C(\S)[C@H]1CCN(CC(O)COc2cccc3[nH]ccc23)[C@@H](C)C1. The Morgan fingerprint density at radius 1 is 1.44 bits per heavy atom. The first kappa shape index (κ1) is 24.4. The van der Waals surface area contributed by atoms with Crippen molar-refractivity contribution >= 4 is 23.5 Å². The van der Waals surface area contributed by atoms with Gasteiger partial charge < -0.3 is 14.8 Å². The van der Waals surface area contributed by atoms with Crippen molar-refractivity contribution in [2.75, 3.05) is 19.7 Å². The number of hydrogen-bond acceptors (Lipinski definition) is 4. The van der Waals surface area contributed by atoms with E-state index in [2.05, 4.69) is 23.4 Å². The first-order valence-electron chi connectivity index (χ1n) is 11.0. The van der Waals surface area contributed by atoms with Crippen molar-refractivity contribution in [3.8, 4) is 5.75 Å². The van der Waals surface area contributed by atoms with E-state index in [-0.39, 0.29) is 6.61 Å². The molecule has 1 saturated heterocycles. The maximum atomic E-state index is 12.7. The summed E-state index contributed by atoms with van der Waals surface area (Å²) in [5.41, 5.74) is 2.05. The molecule has 1 fully saturated rings. The van der Waals surface area contributed by atoms with E-state index >= 15 is 0 Å². The van der Waals surface area contributed by atoms with Gasteiger partial charge in [0.2, 0.25) is 0 Å². The minimum atomic E-state index is -0.559. The summed E-state index contributed by atoms with van der Waals surface area (Å²) in [6.07, 6.45) is 10.2. The second-order valence-corrected chi connectivity index (χ2v) is 9.03. The molecule has 0 spiro atoms. The third-order valence-electron chi connectivity index (χ3n) is 5.88. The molecule has 2 N–H and O–H groups in total. The van der Waals surface area contributed by atoms with Gasteiger partial charge in [0.25, 0.3) is 0 Å². The molecule has 32 heavy (non-hydrogen) atoms. The summed E-state index contributed by atoms with van der Waals surface area (Å²) in [4.78, 5) is 6.53. The van der Waals surface area contributed by atoms with E-state index in [4.69, 9.17) is 17.4 Å². The van der Waals surface area contributed by atoms with Crippen LogP contribution in [0.3, 0.4) is 0 Å². The topological polar surface area (TPSA) is 48.5 Å². The molecule has 0 bridgehead atoms. The number of aliphatic hydroxyl groups excluding tert-OH is 1. The van der Waals surface area contributed by atoms with Gasteiger partial charge in [-0.25, -0.2) is 4.39 Å². The minimum absolute atomic E-state index is 0.261. The van der Waals surface area contributed by atoms with Crippen LogP contribution in [0.2, 0.25) is 0 Å². The Balaban J connectivity index is 1.49. The van der Waals surface area contributed by atoms with Gasteiger partial charge in [-0.2, -0.15) is 0 Å². The van der Waals surface area contributed by atoms with Gasteiger partial charge in [0.05, 0.1) is 0 Å². The van der Waals surface area contributed by atoms with Gasteiger partial charge in [0, 0.05) is 29.7 Å². The number of nitrogens with one attached hydrogen (secondary N) is 1. The van der Waals surface area contributed by atoms with Crippen molar-refractivity contribution in [1.82, 2.24) is 9.88 Å². The Labute approximate surface area is 195 Å². The van der Waals surface area contributed by atoms with E-state index < -0.39 is 11.9 Å². The number of hydrogen-bond donors (Lipinski definition) is 3. The van der Waals surface area contributed by atoms with Crippen molar-refractivity contribution in [3.05, 3.63) is 77.7 Å². The molecule has 6 heteroatoms. The van der Waals surface area contributed by atoms with Crippen molar-refractivity contribution in [3.63, 3.8) is 0 Å². The number of likely N-dealkylation sites (tertiary alicyclic amines) is 1. The van der Waals surface area contributed by atoms with Gasteiger partial charge in [-0.3, -0.25) is 4.90 Å². The maximum absolute atomic E-state index is 12.7. The van der Waals surface area contributed by atoms with Crippen LogP contribution in [0.1, 0.15) is 26.7 Å². The lowest BCUT2D eigenvalue weighted by Crippen LogP contribution is -2.45. The number of H-pyrrole nitrogens is 1. The van der Waals surface area contributed by atoms with E-state index in [0.29, 0.717) is 18.5 Å². The zero-order valence-electron chi connectivity index (χ0n) is 18.8. The fraction of sp³-hybridized carbons (Fsp3) is 0.385. The molecular weight excluding hydrogens is 423 g/mol. The molecule has 1 aromatic carbocycles. The molecule has 0 aliphatic carbocycles. The monoisotopic (exact) mass is 456 g/mol. The molecule has 172 valence electrons. The van der Waals surface area contributed by atoms with Gasteiger partial charge >= 0.3 is 0 Å². The highest BCUT2D eigenvalue weighted by atomic mass is 32.1. The average molecular weight is 457 g/mol. The normalized spacial score (nSPS) is 21.9. The lowest BCUT2D eigenvalue weighted by atomic mass is 9.90. The molecule has 1 unspecified atom stereocenters. The van der Waals surface area contributed by atoms with E-state index in [9.17, 15) is 9.50 Å². The van der Waals surface area contributed by atoms with Gasteiger partial charge in [-0.05, 0) is 74.4 Å². The molecule has 3 rings (SSSR count). The number of rotatable bonds is 9. The molecule has 2 aromatic rings. The molecule has 4 nitrogen and oxygen atoms in total. The first-order valence-corrected chi connectivity index (χ1v) is 11.5. The Kier molecular flexibility index (Phi) is 8.79. The van der Waals surface area contributed by atoms with Crippen LogP contribution >= 0.6 is 12.6 Å². The number of thiol groups is 1. The van der Waals surface area contributed by atoms with Gasteiger partial charge in [0.1, 0.15) is 24.3 Å². The van der Waals surface area contributed by atoms with E-state index in [1.165, 1.54) is 6.08 Å². The highest BCUT2D eigenvalue weighted by Gasteiger charge is 2.28. The summed E-state index contributed by atoms with van der Waals surface area (Å²) in [6.45, 7) is 9.13. The Hall–Kier alpha value is -2.28. The highest BCUT2D eigenvalue weighted by molar-refractivity contribution is 7.84. The van der Waals surface area contributed by atoms with Crippen LogP contribution in [-0.4, -0.2) is 46.8 Å². The first-order chi connectivity index (χ1) is 15.3. The van der Waals surface area contributed by atoms with Crippen LogP contribution in [0, 0.1) is 5.92 Å². The average Bonchev–Trinajstić information content (AvgIpc) is 3.22. The van der Waals surface area contributed by atoms with Crippen LogP contribution in [0.25, 0.3) is 10.9 Å². The van der Waals surface area contributed by atoms with Crippen LogP contribution in [0.4, 0.5) is 4.39 Å². The number of allylic oxidation sites excluding steroid dienone is 7. The third-order valence-corrected chi connectivity index (χ3v) is 6.37. The van der Waals surface area contributed by atoms with E-state index in [1.807, 2.05) is 49.5 Å². The fourth-order valence-corrected chi connectivity index (χ4v) is 4.59. The highest BCUT2D eigenvalue weighted by Crippen LogP contribution is 2.31. The fourth-order valence-electron chi connectivity index (χ4n) is 4.16. The predicted octanol–water partition coefficient (Wildman–Crippen LogP) is 5.81. The zero-order chi connectivity index (χ0) is 23.1. The molecule has 1 aromatic heterocycles. The standard InChI is InChI=1S/C26H33FN2O2S/c1-18(6-4-7-19(2)27)14-26(32)21-11-13-29(20(3)15-21)16-22(30)17-31-25-9-5-8-24-23(25)10-12-28-24/h4-10,12,14,20-22,28,30,32H,2,11,13,15-17H2,1,3H3/b7-4-,18-6+,26-14-/t20-,21-,22?/m0/s1. The summed E-state index contributed by atoms with van der Waals surface area (Å²) in [7, 11) is 0. The van der Waals surface area contributed by atoms with Crippen LogP contribution in [-0.2, 0) is 0 Å². The number of ether oxygens (including phenoxy) is 1. The van der Waals surface area contributed by atoms with E-state index in [1.54, 1.807) is 6.08 Å². The second kappa shape index (κ2) is 11.5. The molecule has 1 aliphatic rings. The molecular formula is C26H33FN2O2S. The largest absolute Gasteiger partial charge is 0.490 e. The van der Waals surface area contributed by atoms with Crippen molar-refractivity contribution in [2.45, 2.75) is 38.8 Å². The van der Waals surface area contributed by atoms with Gasteiger partial charge in [-0.15, -0.1) is 12.6 Å². The number of halogens is 1. The number of piperidine rings is 1. The molecule has 2 heterocycles. The van der Waals surface area contributed by atoms with E-state index in [0.717, 1.165) is 46.5 Å². The lowest BCUT2D eigenvalue weighted by molar-refractivity contribution is 0.0379. The Bertz CT molecular complexity index is 1010. The number of aromatic amines is 1.